The molecule has 0 saturated carbocycles. The molecular formula is C14H9BrN4O2. The van der Waals surface area contributed by atoms with Gasteiger partial charge in [-0.1, -0.05) is 15.9 Å². The Morgan fingerprint density at radius 2 is 1.95 bits per heavy atom. The Hall–Kier alpha value is -2.77. The molecule has 0 aliphatic heterocycles. The van der Waals surface area contributed by atoms with Crippen molar-refractivity contribution in [1.82, 2.24) is 4.98 Å². The maximum absolute atomic E-state index is 11.9. The van der Waals surface area contributed by atoms with Gasteiger partial charge in [0, 0.05) is 15.6 Å². The molecule has 0 atom stereocenters. The van der Waals surface area contributed by atoms with Crippen LogP contribution < -0.4 is 16.0 Å². The number of aromatic amines is 1. The highest BCUT2D eigenvalue weighted by atomic mass is 79.9. The summed E-state index contributed by atoms with van der Waals surface area (Å²) in [6.07, 6.45) is 0. The molecule has 1 aromatic heterocycles. The second-order valence-corrected chi connectivity index (χ2v) is 4.92. The fourth-order valence-corrected chi connectivity index (χ4v) is 2.38. The Balaban J connectivity index is 2.96. The minimum absolute atomic E-state index is 0.0418. The summed E-state index contributed by atoms with van der Waals surface area (Å²) >= 11 is 3.34. The van der Waals surface area contributed by atoms with Gasteiger partial charge in [-0.3, -0.25) is 4.79 Å². The molecule has 7 heteroatoms. The highest BCUT2D eigenvalue weighted by Crippen LogP contribution is 2.35. The summed E-state index contributed by atoms with van der Waals surface area (Å²) in [5.74, 6) is 0.450. The van der Waals surface area contributed by atoms with Crippen molar-refractivity contribution in [2.45, 2.75) is 0 Å². The lowest BCUT2D eigenvalue weighted by molar-refractivity contribution is 0.415. The lowest BCUT2D eigenvalue weighted by atomic mass is 9.96. The van der Waals surface area contributed by atoms with Crippen LogP contribution in [0.1, 0.15) is 11.1 Å². The number of halogens is 1. The molecule has 21 heavy (non-hydrogen) atoms. The SMILES string of the molecule is COc1ccc(Br)c(-c2c(C#N)c(N)[nH]c(=O)c2C#N)c1. The lowest BCUT2D eigenvalue weighted by Crippen LogP contribution is -2.16. The number of nitrogens with one attached hydrogen (secondary N) is 1. The Morgan fingerprint density at radius 3 is 2.52 bits per heavy atom. The number of hydrogen-bond acceptors (Lipinski definition) is 5. The number of pyridine rings is 1. The zero-order valence-electron chi connectivity index (χ0n) is 10.9. The van der Waals surface area contributed by atoms with Crippen LogP contribution in [0.4, 0.5) is 5.82 Å². The van der Waals surface area contributed by atoms with E-state index in [-0.39, 0.29) is 22.5 Å². The molecule has 0 amide bonds. The number of aromatic nitrogens is 1. The summed E-state index contributed by atoms with van der Waals surface area (Å²) in [5.41, 5.74) is 5.58. The van der Waals surface area contributed by atoms with E-state index in [0.717, 1.165) is 0 Å². The number of nitrogens with two attached hydrogens (primary N) is 1. The molecule has 2 rings (SSSR count). The van der Waals surface area contributed by atoms with Gasteiger partial charge in [-0.2, -0.15) is 10.5 Å². The summed E-state index contributed by atoms with van der Waals surface area (Å²) in [6, 6.07) is 8.78. The highest BCUT2D eigenvalue weighted by molar-refractivity contribution is 9.10. The molecule has 0 radical (unpaired) electrons. The van der Waals surface area contributed by atoms with Crippen molar-refractivity contribution >= 4 is 21.7 Å². The number of nitrogen functional groups attached to an aromatic ring is 1. The second kappa shape index (κ2) is 5.70. The molecule has 2 aromatic rings. The molecule has 104 valence electrons. The first-order chi connectivity index (χ1) is 10.0. The third-order valence-electron chi connectivity index (χ3n) is 2.91. The van der Waals surface area contributed by atoms with Gasteiger partial charge in [-0.25, -0.2) is 0 Å². The Labute approximate surface area is 128 Å². The third-order valence-corrected chi connectivity index (χ3v) is 3.60. The molecule has 0 bridgehead atoms. The number of nitrogens with zero attached hydrogens (tertiary/aromatic N) is 2. The third kappa shape index (κ3) is 2.47. The number of benzene rings is 1. The number of rotatable bonds is 2. The maximum Gasteiger partial charge on any atom is 0.268 e. The fourth-order valence-electron chi connectivity index (χ4n) is 1.94. The Morgan fingerprint density at radius 1 is 1.29 bits per heavy atom. The van der Waals surface area contributed by atoms with E-state index in [1.54, 1.807) is 18.2 Å². The minimum Gasteiger partial charge on any atom is -0.497 e. The van der Waals surface area contributed by atoms with E-state index in [1.807, 2.05) is 12.1 Å². The summed E-state index contributed by atoms with van der Waals surface area (Å²) in [7, 11) is 1.50. The predicted octanol–water partition coefficient (Wildman–Crippen LogP) is 2.14. The van der Waals surface area contributed by atoms with E-state index in [4.69, 9.17) is 10.5 Å². The van der Waals surface area contributed by atoms with Crippen molar-refractivity contribution in [1.29, 1.82) is 10.5 Å². The van der Waals surface area contributed by atoms with Gasteiger partial charge < -0.3 is 15.5 Å². The monoisotopic (exact) mass is 344 g/mol. The second-order valence-electron chi connectivity index (χ2n) is 4.06. The van der Waals surface area contributed by atoms with Crippen molar-refractivity contribution in [3.05, 3.63) is 44.2 Å². The standard InChI is InChI=1S/C14H9BrN4O2/c1-21-7-2-3-11(15)8(4-7)12-9(5-16)13(18)19-14(20)10(12)6-17/h2-4H,1H3,(H3,18,19,20). The average Bonchev–Trinajstić information content (AvgIpc) is 2.47. The summed E-state index contributed by atoms with van der Waals surface area (Å²) in [6.45, 7) is 0. The van der Waals surface area contributed by atoms with Gasteiger partial charge in [-0.15, -0.1) is 0 Å². The van der Waals surface area contributed by atoms with Gasteiger partial charge >= 0.3 is 0 Å². The molecule has 0 aliphatic carbocycles. The molecule has 3 N–H and O–H groups in total. The van der Waals surface area contributed by atoms with Crippen molar-refractivity contribution in [3.8, 4) is 29.0 Å². The van der Waals surface area contributed by atoms with E-state index in [1.165, 1.54) is 7.11 Å². The molecule has 0 aliphatic rings. The quantitative estimate of drug-likeness (QED) is 0.865. The molecule has 0 fully saturated rings. The number of H-pyrrole nitrogens is 1. The summed E-state index contributed by atoms with van der Waals surface area (Å²) < 4.78 is 5.75. The van der Waals surface area contributed by atoms with Crippen LogP contribution in [0.15, 0.2) is 27.5 Å². The topological polar surface area (TPSA) is 116 Å². The average molecular weight is 345 g/mol. The number of ether oxygens (including phenoxy) is 1. The van der Waals surface area contributed by atoms with Crippen LogP contribution >= 0.6 is 15.9 Å². The molecule has 0 saturated heterocycles. The van der Waals surface area contributed by atoms with Gasteiger partial charge in [0.2, 0.25) is 0 Å². The van der Waals surface area contributed by atoms with Crippen LogP contribution in [0.2, 0.25) is 0 Å². The number of nitriles is 2. The van der Waals surface area contributed by atoms with Crippen LogP contribution in [0.5, 0.6) is 5.75 Å². The summed E-state index contributed by atoms with van der Waals surface area (Å²) in [5, 5.41) is 18.5. The Bertz CT molecular complexity index is 859. The van der Waals surface area contributed by atoms with Gasteiger partial charge in [0.15, 0.2) is 0 Å². The zero-order valence-corrected chi connectivity index (χ0v) is 12.5. The molecule has 1 heterocycles. The van der Waals surface area contributed by atoms with Crippen LogP contribution in [-0.2, 0) is 0 Å². The van der Waals surface area contributed by atoms with E-state index in [2.05, 4.69) is 20.9 Å². The van der Waals surface area contributed by atoms with Crippen molar-refractivity contribution in [2.24, 2.45) is 0 Å². The van der Waals surface area contributed by atoms with Crippen molar-refractivity contribution in [2.75, 3.05) is 12.8 Å². The first-order valence-corrected chi connectivity index (χ1v) is 6.52. The zero-order chi connectivity index (χ0) is 15.6. The van der Waals surface area contributed by atoms with Crippen molar-refractivity contribution < 1.29 is 4.74 Å². The highest BCUT2D eigenvalue weighted by Gasteiger charge is 2.20. The van der Waals surface area contributed by atoms with Crippen LogP contribution in [0, 0.1) is 22.7 Å². The first-order valence-electron chi connectivity index (χ1n) is 5.73. The van der Waals surface area contributed by atoms with E-state index in [9.17, 15) is 15.3 Å². The van der Waals surface area contributed by atoms with Gasteiger partial charge in [0.25, 0.3) is 5.56 Å². The van der Waals surface area contributed by atoms with E-state index < -0.39 is 5.56 Å². The Kier molecular flexibility index (Phi) is 3.97. The molecule has 0 spiro atoms. The van der Waals surface area contributed by atoms with E-state index >= 15 is 0 Å². The van der Waals surface area contributed by atoms with Gasteiger partial charge in [0.1, 0.15) is 34.8 Å². The van der Waals surface area contributed by atoms with Crippen LogP contribution in [0.3, 0.4) is 0 Å². The number of hydrogen-bond donors (Lipinski definition) is 2. The summed E-state index contributed by atoms with van der Waals surface area (Å²) in [4.78, 5) is 14.2. The number of methoxy groups -OCH3 is 1. The van der Waals surface area contributed by atoms with Crippen molar-refractivity contribution in [3.63, 3.8) is 0 Å². The van der Waals surface area contributed by atoms with E-state index in [0.29, 0.717) is 15.8 Å². The normalized spacial score (nSPS) is 9.71. The molecule has 1 aromatic carbocycles. The lowest BCUT2D eigenvalue weighted by Gasteiger charge is -2.11. The van der Waals surface area contributed by atoms with Crippen LogP contribution in [-0.4, -0.2) is 12.1 Å². The van der Waals surface area contributed by atoms with Crippen LogP contribution in [0.25, 0.3) is 11.1 Å². The predicted molar refractivity (Wildman–Crippen MR) is 80.6 cm³/mol. The van der Waals surface area contributed by atoms with Gasteiger partial charge in [-0.05, 0) is 18.2 Å². The smallest absolute Gasteiger partial charge is 0.268 e. The maximum atomic E-state index is 11.9. The molecule has 0 unspecified atom stereocenters. The first kappa shape index (κ1) is 14.6. The largest absolute Gasteiger partial charge is 0.497 e. The minimum atomic E-state index is -0.640. The fraction of sp³-hybridized carbons (Fsp3) is 0.0714. The number of anilines is 1. The molecule has 6 nitrogen and oxygen atoms in total. The van der Waals surface area contributed by atoms with Gasteiger partial charge in [0.05, 0.1) is 7.11 Å². The molecular weight excluding hydrogens is 336 g/mol.